The van der Waals surface area contributed by atoms with Crippen LogP contribution in [0.3, 0.4) is 0 Å². The van der Waals surface area contributed by atoms with Crippen molar-refractivity contribution < 1.29 is 47.5 Å². The molecule has 1 aliphatic rings. The summed E-state index contributed by atoms with van der Waals surface area (Å²) in [5, 5.41) is 0. The molecule has 1 aliphatic heterocycles. The molecule has 0 saturated heterocycles. The Labute approximate surface area is 239 Å². The summed E-state index contributed by atoms with van der Waals surface area (Å²) in [5.41, 5.74) is 5.31. The van der Waals surface area contributed by atoms with Crippen LogP contribution in [0.1, 0.15) is 17.2 Å². The number of hydroxylamine groups is 1. The van der Waals surface area contributed by atoms with Crippen molar-refractivity contribution in [1.82, 2.24) is 5.48 Å². The number of nitrogens with one attached hydrogen (secondary N) is 1. The third kappa shape index (κ3) is 6.41. The first kappa shape index (κ1) is 29.3. The molecular formula is C30H35NO10. The van der Waals surface area contributed by atoms with Crippen LogP contribution in [0.25, 0.3) is 5.70 Å². The third-order valence-electron chi connectivity index (χ3n) is 6.36. The Morgan fingerprint density at radius 3 is 1.73 bits per heavy atom. The van der Waals surface area contributed by atoms with Crippen LogP contribution in [0.15, 0.2) is 48.5 Å². The molecule has 0 aromatic heterocycles. The van der Waals surface area contributed by atoms with Gasteiger partial charge >= 0.3 is 0 Å². The molecule has 0 radical (unpaired) electrons. The highest BCUT2D eigenvalue weighted by Crippen LogP contribution is 2.44. The summed E-state index contributed by atoms with van der Waals surface area (Å²) in [6.07, 6.45) is 1.50. The van der Waals surface area contributed by atoms with Crippen molar-refractivity contribution in [3.63, 3.8) is 0 Å². The summed E-state index contributed by atoms with van der Waals surface area (Å²) in [6.45, 7) is 0.466. The summed E-state index contributed by atoms with van der Waals surface area (Å²) in [5.74, 6) is 4.78. The third-order valence-corrected chi connectivity index (χ3v) is 6.36. The molecule has 0 saturated carbocycles. The number of methoxy groups -OCH3 is 7. The maximum absolute atomic E-state index is 6.02. The average molecular weight is 570 g/mol. The first-order valence-corrected chi connectivity index (χ1v) is 12.7. The van der Waals surface area contributed by atoms with Crippen LogP contribution in [-0.4, -0.2) is 63.0 Å². The lowest BCUT2D eigenvalue weighted by molar-refractivity contribution is 0.0507. The van der Waals surface area contributed by atoms with E-state index in [1.54, 1.807) is 68.0 Å². The average Bonchev–Trinajstić information content (AvgIpc) is 3.52. The predicted molar refractivity (Wildman–Crippen MR) is 151 cm³/mol. The maximum atomic E-state index is 6.02. The Morgan fingerprint density at radius 2 is 1.17 bits per heavy atom. The second-order valence-electron chi connectivity index (χ2n) is 8.60. The number of hydrogen-bond donors (Lipinski definition) is 1. The topological polar surface area (TPSA) is 104 Å². The molecule has 0 aliphatic carbocycles. The van der Waals surface area contributed by atoms with E-state index < -0.39 is 6.10 Å². The molecule has 0 amide bonds. The van der Waals surface area contributed by atoms with Crippen molar-refractivity contribution in [2.24, 2.45) is 0 Å². The molecule has 11 nitrogen and oxygen atoms in total. The summed E-state index contributed by atoms with van der Waals surface area (Å²) < 4.78 is 50.2. The predicted octanol–water partition coefficient (Wildman–Crippen LogP) is 4.82. The van der Waals surface area contributed by atoms with Crippen molar-refractivity contribution in [2.45, 2.75) is 6.10 Å². The SMILES string of the molecule is COc1ccc(OC)c(OCCOc2c(OC)cc(C3C=C(c4cc(OC)c(OC)c(OC)c4)NO3)cc2OC)c1. The molecule has 220 valence electrons. The van der Waals surface area contributed by atoms with Crippen molar-refractivity contribution in [3.8, 4) is 51.7 Å². The molecule has 0 bridgehead atoms. The van der Waals surface area contributed by atoms with Gasteiger partial charge in [0.1, 0.15) is 25.1 Å². The lowest BCUT2D eigenvalue weighted by Crippen LogP contribution is -2.11. The minimum absolute atomic E-state index is 0.221. The van der Waals surface area contributed by atoms with Crippen molar-refractivity contribution >= 4 is 5.70 Å². The fourth-order valence-electron chi connectivity index (χ4n) is 4.30. The van der Waals surface area contributed by atoms with Crippen LogP contribution in [0.4, 0.5) is 0 Å². The van der Waals surface area contributed by atoms with E-state index in [9.17, 15) is 0 Å². The van der Waals surface area contributed by atoms with E-state index in [0.717, 1.165) is 16.8 Å². The lowest BCUT2D eigenvalue weighted by Gasteiger charge is -2.18. The van der Waals surface area contributed by atoms with E-state index in [-0.39, 0.29) is 13.2 Å². The van der Waals surface area contributed by atoms with Gasteiger partial charge in [0, 0.05) is 11.6 Å². The molecule has 3 aromatic carbocycles. The van der Waals surface area contributed by atoms with Gasteiger partial charge in [-0.25, -0.2) is 0 Å². The van der Waals surface area contributed by atoms with Crippen molar-refractivity contribution in [3.05, 3.63) is 59.7 Å². The van der Waals surface area contributed by atoms with Gasteiger partial charge in [0.05, 0.1) is 55.5 Å². The van der Waals surface area contributed by atoms with Crippen LogP contribution >= 0.6 is 0 Å². The molecule has 41 heavy (non-hydrogen) atoms. The van der Waals surface area contributed by atoms with E-state index in [1.807, 2.05) is 30.3 Å². The Morgan fingerprint density at radius 1 is 0.585 bits per heavy atom. The van der Waals surface area contributed by atoms with Gasteiger partial charge < -0.3 is 42.6 Å². The van der Waals surface area contributed by atoms with Crippen LogP contribution in [0, 0.1) is 0 Å². The largest absolute Gasteiger partial charge is 0.497 e. The van der Waals surface area contributed by atoms with Crippen LogP contribution in [-0.2, 0) is 4.84 Å². The molecule has 1 heterocycles. The maximum Gasteiger partial charge on any atom is 0.203 e. The minimum Gasteiger partial charge on any atom is -0.497 e. The zero-order valence-electron chi connectivity index (χ0n) is 24.2. The van der Waals surface area contributed by atoms with Crippen molar-refractivity contribution in [1.29, 1.82) is 0 Å². The molecule has 1 N–H and O–H groups in total. The summed E-state index contributed by atoms with van der Waals surface area (Å²) in [6, 6.07) is 12.7. The van der Waals surface area contributed by atoms with Gasteiger partial charge in [-0.1, -0.05) is 0 Å². The number of ether oxygens (including phenoxy) is 9. The van der Waals surface area contributed by atoms with Gasteiger partial charge in [0.2, 0.25) is 11.5 Å². The quantitative estimate of drug-likeness (QED) is 0.270. The van der Waals surface area contributed by atoms with E-state index in [2.05, 4.69) is 5.48 Å². The number of benzene rings is 3. The summed E-state index contributed by atoms with van der Waals surface area (Å²) >= 11 is 0. The molecule has 3 aromatic rings. The van der Waals surface area contributed by atoms with E-state index in [4.69, 9.17) is 47.5 Å². The standard InChI is InChI=1S/C30H35NO10/c1-32-20-8-9-22(33-2)24(16-20)39-10-11-40-30-27(36-5)14-19(15-28(30)37-6)23-17-21(31-41-23)18-12-25(34-3)29(38-7)26(13-18)35-4/h8-9,12-17,23,31H,10-11H2,1-7H3. The van der Waals surface area contributed by atoms with Gasteiger partial charge in [-0.2, -0.15) is 0 Å². The zero-order chi connectivity index (χ0) is 29.4. The summed E-state index contributed by atoms with van der Waals surface area (Å²) in [4.78, 5) is 5.89. The molecule has 0 spiro atoms. The molecule has 11 heteroatoms. The zero-order valence-corrected chi connectivity index (χ0v) is 24.2. The summed E-state index contributed by atoms with van der Waals surface area (Å²) in [7, 11) is 11.0. The Bertz CT molecular complexity index is 1320. The highest BCUT2D eigenvalue weighted by Gasteiger charge is 2.25. The molecule has 1 unspecified atom stereocenters. The minimum atomic E-state index is -0.440. The normalized spacial score (nSPS) is 13.9. The smallest absolute Gasteiger partial charge is 0.203 e. The van der Waals surface area contributed by atoms with Crippen LogP contribution in [0.2, 0.25) is 0 Å². The number of hydrogen-bond acceptors (Lipinski definition) is 11. The van der Waals surface area contributed by atoms with Gasteiger partial charge in [-0.15, -0.1) is 0 Å². The van der Waals surface area contributed by atoms with Crippen molar-refractivity contribution in [2.75, 3.05) is 63.0 Å². The van der Waals surface area contributed by atoms with E-state index in [1.165, 1.54) is 0 Å². The highest BCUT2D eigenvalue weighted by atomic mass is 16.7. The Kier molecular flexibility index (Phi) is 9.75. The van der Waals surface area contributed by atoms with E-state index in [0.29, 0.717) is 51.7 Å². The van der Waals surface area contributed by atoms with Gasteiger partial charge in [-0.05, 0) is 48.0 Å². The fraction of sp³-hybridized carbons (Fsp3) is 0.333. The second kappa shape index (κ2) is 13.6. The first-order chi connectivity index (χ1) is 20.0. The molecule has 4 rings (SSSR count). The molecule has 1 atom stereocenters. The highest BCUT2D eigenvalue weighted by molar-refractivity contribution is 5.71. The van der Waals surface area contributed by atoms with E-state index >= 15 is 0 Å². The van der Waals surface area contributed by atoms with Gasteiger partial charge in [0.15, 0.2) is 34.5 Å². The number of rotatable bonds is 14. The Balaban J connectivity index is 1.51. The Hall–Kier alpha value is -4.64. The van der Waals surface area contributed by atoms with Gasteiger partial charge in [0.25, 0.3) is 0 Å². The van der Waals surface area contributed by atoms with Crippen LogP contribution < -0.4 is 48.1 Å². The second-order valence-corrected chi connectivity index (χ2v) is 8.60. The van der Waals surface area contributed by atoms with Gasteiger partial charge in [-0.3, -0.25) is 10.3 Å². The molecular weight excluding hydrogens is 534 g/mol. The first-order valence-electron chi connectivity index (χ1n) is 12.7. The molecule has 0 fully saturated rings. The van der Waals surface area contributed by atoms with Crippen LogP contribution in [0.5, 0.6) is 51.7 Å². The monoisotopic (exact) mass is 569 g/mol. The lowest BCUT2D eigenvalue weighted by atomic mass is 10.0. The fourth-order valence-corrected chi connectivity index (χ4v) is 4.30.